The SMILES string of the molecule is Nc1ccccc1C(=O)Nc1nnc(S(N)(=O)=O)s1. The van der Waals surface area contributed by atoms with Gasteiger partial charge in [-0.2, -0.15) is 0 Å². The lowest BCUT2D eigenvalue weighted by Crippen LogP contribution is -2.13. The van der Waals surface area contributed by atoms with Crippen LogP contribution in [0.1, 0.15) is 10.4 Å². The molecule has 0 aliphatic carbocycles. The predicted molar refractivity (Wildman–Crippen MR) is 70.1 cm³/mol. The van der Waals surface area contributed by atoms with Crippen LogP contribution in [0, 0.1) is 0 Å². The number of aromatic nitrogens is 2. The highest BCUT2D eigenvalue weighted by molar-refractivity contribution is 7.91. The molecule has 1 aromatic heterocycles. The predicted octanol–water partition coefficient (Wildman–Crippen LogP) is 0.0200. The molecule has 2 rings (SSSR count). The quantitative estimate of drug-likeness (QED) is 0.539. The summed E-state index contributed by atoms with van der Waals surface area (Å²) >= 11 is 0.661. The van der Waals surface area contributed by atoms with E-state index in [0.29, 0.717) is 17.0 Å². The topological polar surface area (TPSA) is 141 Å². The average Bonchev–Trinajstić information content (AvgIpc) is 2.77. The molecule has 0 fully saturated rings. The standard InChI is InChI=1S/C9H9N5O3S2/c10-6-4-2-1-3-5(6)7(15)12-8-13-14-9(18-8)19(11,16)17/h1-4H,10H2,(H2,11,16,17)(H,12,13,15). The molecule has 0 bridgehead atoms. The van der Waals surface area contributed by atoms with Gasteiger partial charge < -0.3 is 5.73 Å². The van der Waals surface area contributed by atoms with Crippen LogP contribution in [0.25, 0.3) is 0 Å². The van der Waals surface area contributed by atoms with Crippen LogP contribution in [0.4, 0.5) is 10.8 Å². The molecule has 1 aromatic carbocycles. The Morgan fingerprint density at radius 3 is 2.53 bits per heavy atom. The van der Waals surface area contributed by atoms with Crippen molar-refractivity contribution in [2.45, 2.75) is 4.34 Å². The molecular formula is C9H9N5O3S2. The highest BCUT2D eigenvalue weighted by atomic mass is 32.2. The first-order chi connectivity index (χ1) is 8.88. The molecule has 8 nitrogen and oxygen atoms in total. The van der Waals surface area contributed by atoms with Crippen molar-refractivity contribution in [2.24, 2.45) is 5.14 Å². The number of amides is 1. The van der Waals surface area contributed by atoms with Crippen molar-refractivity contribution in [3.63, 3.8) is 0 Å². The minimum absolute atomic E-state index is 0.0253. The number of benzene rings is 1. The van der Waals surface area contributed by atoms with E-state index in [0.717, 1.165) is 0 Å². The second-order valence-electron chi connectivity index (χ2n) is 3.46. The van der Waals surface area contributed by atoms with E-state index in [1.54, 1.807) is 18.2 Å². The van der Waals surface area contributed by atoms with Gasteiger partial charge in [0.1, 0.15) is 0 Å². The molecule has 0 atom stereocenters. The van der Waals surface area contributed by atoms with Gasteiger partial charge in [-0.05, 0) is 12.1 Å². The summed E-state index contributed by atoms with van der Waals surface area (Å²) in [7, 11) is -3.92. The Morgan fingerprint density at radius 2 is 1.95 bits per heavy atom. The Morgan fingerprint density at radius 1 is 1.26 bits per heavy atom. The van der Waals surface area contributed by atoms with E-state index in [1.807, 2.05) is 0 Å². The fourth-order valence-corrected chi connectivity index (χ4v) is 2.57. The van der Waals surface area contributed by atoms with Gasteiger partial charge in [-0.1, -0.05) is 23.5 Å². The summed E-state index contributed by atoms with van der Waals surface area (Å²) in [5.41, 5.74) is 6.20. The number of nitrogen functional groups attached to an aromatic ring is 1. The molecule has 100 valence electrons. The number of para-hydroxylation sites is 1. The summed E-state index contributed by atoms with van der Waals surface area (Å²) in [6.45, 7) is 0. The number of nitrogens with zero attached hydrogens (tertiary/aromatic N) is 2. The average molecular weight is 299 g/mol. The van der Waals surface area contributed by atoms with E-state index < -0.39 is 15.9 Å². The van der Waals surface area contributed by atoms with Crippen molar-refractivity contribution in [1.29, 1.82) is 0 Å². The van der Waals surface area contributed by atoms with Gasteiger partial charge in [0, 0.05) is 5.69 Å². The molecule has 19 heavy (non-hydrogen) atoms. The zero-order chi connectivity index (χ0) is 14.0. The van der Waals surface area contributed by atoms with Gasteiger partial charge in [0.05, 0.1) is 5.56 Å². The maximum absolute atomic E-state index is 11.9. The van der Waals surface area contributed by atoms with E-state index in [1.165, 1.54) is 6.07 Å². The van der Waals surface area contributed by atoms with Crippen LogP contribution >= 0.6 is 11.3 Å². The molecule has 0 saturated heterocycles. The first-order valence-corrected chi connectivity index (χ1v) is 7.26. The second-order valence-corrected chi connectivity index (χ2v) is 6.17. The van der Waals surface area contributed by atoms with E-state index in [2.05, 4.69) is 15.5 Å². The van der Waals surface area contributed by atoms with Crippen molar-refractivity contribution >= 4 is 38.1 Å². The van der Waals surface area contributed by atoms with Crippen LogP contribution in [-0.4, -0.2) is 24.5 Å². The van der Waals surface area contributed by atoms with Gasteiger partial charge in [-0.3, -0.25) is 10.1 Å². The van der Waals surface area contributed by atoms with Crippen molar-refractivity contribution in [1.82, 2.24) is 10.2 Å². The maximum Gasteiger partial charge on any atom is 0.267 e. The molecule has 1 amide bonds. The summed E-state index contributed by atoms with van der Waals surface area (Å²) in [5, 5.41) is 14.2. The number of carbonyl (C=O) groups is 1. The maximum atomic E-state index is 11.9. The monoisotopic (exact) mass is 299 g/mol. The number of primary sulfonamides is 1. The molecule has 0 unspecified atom stereocenters. The van der Waals surface area contributed by atoms with Crippen LogP contribution < -0.4 is 16.2 Å². The molecular weight excluding hydrogens is 290 g/mol. The number of nitrogens with one attached hydrogen (secondary N) is 1. The van der Waals surface area contributed by atoms with E-state index >= 15 is 0 Å². The molecule has 2 aromatic rings. The summed E-state index contributed by atoms with van der Waals surface area (Å²) in [6.07, 6.45) is 0. The third-order valence-corrected chi connectivity index (χ3v) is 4.22. The molecule has 10 heteroatoms. The Balaban J connectivity index is 2.21. The Labute approximate surface area is 112 Å². The lowest BCUT2D eigenvalue weighted by Gasteiger charge is -2.03. The van der Waals surface area contributed by atoms with Crippen molar-refractivity contribution in [3.05, 3.63) is 29.8 Å². The minimum atomic E-state index is -3.92. The molecule has 0 saturated carbocycles. The molecule has 0 aliphatic heterocycles. The highest BCUT2D eigenvalue weighted by Crippen LogP contribution is 2.20. The van der Waals surface area contributed by atoms with Gasteiger partial charge in [-0.25, -0.2) is 13.6 Å². The number of rotatable bonds is 3. The molecule has 5 N–H and O–H groups in total. The van der Waals surface area contributed by atoms with Crippen LogP contribution in [0.5, 0.6) is 0 Å². The second kappa shape index (κ2) is 4.91. The highest BCUT2D eigenvalue weighted by Gasteiger charge is 2.17. The fraction of sp³-hybridized carbons (Fsp3) is 0. The molecule has 1 heterocycles. The van der Waals surface area contributed by atoms with Crippen molar-refractivity contribution < 1.29 is 13.2 Å². The van der Waals surface area contributed by atoms with Gasteiger partial charge in [-0.15, -0.1) is 10.2 Å². The van der Waals surface area contributed by atoms with Gasteiger partial charge >= 0.3 is 0 Å². The zero-order valence-electron chi connectivity index (χ0n) is 9.40. The van der Waals surface area contributed by atoms with Crippen LogP contribution in [0.2, 0.25) is 0 Å². The first kappa shape index (κ1) is 13.4. The lowest BCUT2D eigenvalue weighted by atomic mass is 10.2. The Bertz CT molecular complexity index is 725. The van der Waals surface area contributed by atoms with Crippen LogP contribution in [0.3, 0.4) is 0 Å². The third kappa shape index (κ3) is 3.05. The number of hydrogen-bond donors (Lipinski definition) is 3. The lowest BCUT2D eigenvalue weighted by molar-refractivity contribution is 0.102. The number of carbonyl (C=O) groups excluding carboxylic acids is 1. The molecule has 0 aliphatic rings. The third-order valence-electron chi connectivity index (χ3n) is 2.08. The summed E-state index contributed by atoms with van der Waals surface area (Å²) < 4.78 is 21.6. The number of hydrogen-bond acceptors (Lipinski definition) is 7. The van der Waals surface area contributed by atoms with E-state index in [4.69, 9.17) is 10.9 Å². The van der Waals surface area contributed by atoms with Crippen LogP contribution in [-0.2, 0) is 10.0 Å². The number of sulfonamides is 1. The number of nitrogens with two attached hydrogens (primary N) is 2. The first-order valence-electron chi connectivity index (χ1n) is 4.90. The Kier molecular flexibility index (Phi) is 3.46. The normalized spacial score (nSPS) is 11.2. The summed E-state index contributed by atoms with van der Waals surface area (Å²) in [6, 6.07) is 6.45. The smallest absolute Gasteiger partial charge is 0.267 e. The van der Waals surface area contributed by atoms with E-state index in [-0.39, 0.29) is 15.0 Å². The van der Waals surface area contributed by atoms with Crippen molar-refractivity contribution in [3.8, 4) is 0 Å². The van der Waals surface area contributed by atoms with Gasteiger partial charge in [0.25, 0.3) is 15.9 Å². The minimum Gasteiger partial charge on any atom is -0.398 e. The summed E-state index contributed by atoms with van der Waals surface area (Å²) in [5.74, 6) is -0.504. The van der Waals surface area contributed by atoms with Gasteiger partial charge in [0.2, 0.25) is 9.47 Å². The van der Waals surface area contributed by atoms with Crippen LogP contribution in [0.15, 0.2) is 28.6 Å². The fourth-order valence-electron chi connectivity index (χ4n) is 1.24. The number of anilines is 2. The molecule has 0 spiro atoms. The van der Waals surface area contributed by atoms with Crippen molar-refractivity contribution in [2.75, 3.05) is 11.1 Å². The summed E-state index contributed by atoms with van der Waals surface area (Å²) in [4.78, 5) is 11.9. The zero-order valence-corrected chi connectivity index (χ0v) is 11.0. The molecule has 0 radical (unpaired) electrons. The van der Waals surface area contributed by atoms with E-state index in [9.17, 15) is 13.2 Å². The van der Waals surface area contributed by atoms with Gasteiger partial charge in [0.15, 0.2) is 0 Å². The largest absolute Gasteiger partial charge is 0.398 e. The Hall–Kier alpha value is -2.04.